The van der Waals surface area contributed by atoms with Gasteiger partial charge in [-0.2, -0.15) is 5.10 Å². The second-order valence-electron chi connectivity index (χ2n) is 5.56. The number of halogens is 1. The Morgan fingerprint density at radius 3 is 2.62 bits per heavy atom. The van der Waals surface area contributed by atoms with Crippen molar-refractivity contribution < 1.29 is 4.39 Å². The summed E-state index contributed by atoms with van der Waals surface area (Å²) in [4.78, 5) is 0. The number of nitrogens with one attached hydrogen (secondary N) is 1. The van der Waals surface area contributed by atoms with Gasteiger partial charge in [-0.3, -0.25) is 4.68 Å². The average molecular weight is 289 g/mol. The van der Waals surface area contributed by atoms with E-state index in [1.165, 1.54) is 5.56 Å². The summed E-state index contributed by atoms with van der Waals surface area (Å²) in [6.07, 6.45) is 1.10. The van der Waals surface area contributed by atoms with Crippen LogP contribution in [-0.2, 0) is 13.1 Å². The lowest BCUT2D eigenvalue weighted by molar-refractivity contribution is 0.576. The molecule has 0 aliphatic heterocycles. The van der Waals surface area contributed by atoms with Crippen LogP contribution in [0, 0.1) is 26.6 Å². The van der Waals surface area contributed by atoms with Crippen LogP contribution in [0.2, 0.25) is 0 Å². The molecule has 21 heavy (non-hydrogen) atoms. The second-order valence-corrected chi connectivity index (χ2v) is 5.56. The first kappa shape index (κ1) is 15.7. The maximum absolute atomic E-state index is 14.0. The van der Waals surface area contributed by atoms with Gasteiger partial charge in [0.2, 0.25) is 0 Å². The predicted molar refractivity (Wildman–Crippen MR) is 83.9 cm³/mol. The highest BCUT2D eigenvalue weighted by atomic mass is 19.1. The van der Waals surface area contributed by atoms with Crippen LogP contribution in [0.3, 0.4) is 0 Å². The molecule has 1 aromatic heterocycles. The van der Waals surface area contributed by atoms with Crippen molar-refractivity contribution in [2.24, 2.45) is 0 Å². The van der Waals surface area contributed by atoms with Gasteiger partial charge in [-0.15, -0.1) is 0 Å². The number of rotatable bonds is 6. The zero-order chi connectivity index (χ0) is 15.4. The van der Waals surface area contributed by atoms with E-state index in [4.69, 9.17) is 0 Å². The normalized spacial score (nSPS) is 11.1. The molecule has 0 bridgehead atoms. The molecule has 1 heterocycles. The van der Waals surface area contributed by atoms with Gasteiger partial charge in [-0.25, -0.2) is 4.39 Å². The van der Waals surface area contributed by atoms with Gasteiger partial charge in [-0.1, -0.05) is 13.0 Å². The van der Waals surface area contributed by atoms with Gasteiger partial charge >= 0.3 is 0 Å². The summed E-state index contributed by atoms with van der Waals surface area (Å²) in [7, 11) is 0. The van der Waals surface area contributed by atoms with Crippen molar-refractivity contribution in [3.05, 3.63) is 52.1 Å². The zero-order valence-electron chi connectivity index (χ0n) is 13.3. The van der Waals surface area contributed by atoms with Crippen molar-refractivity contribution in [1.82, 2.24) is 15.1 Å². The number of benzene rings is 1. The first-order valence-electron chi connectivity index (χ1n) is 7.51. The third kappa shape index (κ3) is 3.70. The van der Waals surface area contributed by atoms with Gasteiger partial charge in [0.1, 0.15) is 5.82 Å². The first-order valence-corrected chi connectivity index (χ1v) is 7.51. The van der Waals surface area contributed by atoms with Crippen molar-refractivity contribution in [3.8, 4) is 0 Å². The molecule has 3 nitrogen and oxygen atoms in total. The lowest BCUT2D eigenvalue weighted by atomic mass is 10.1. The van der Waals surface area contributed by atoms with Crippen LogP contribution in [-0.4, -0.2) is 16.3 Å². The van der Waals surface area contributed by atoms with E-state index in [1.807, 2.05) is 30.7 Å². The summed E-state index contributed by atoms with van der Waals surface area (Å²) in [5, 5.41) is 7.83. The van der Waals surface area contributed by atoms with E-state index in [2.05, 4.69) is 24.3 Å². The average Bonchev–Trinajstić information content (AvgIpc) is 2.70. The molecule has 0 aliphatic carbocycles. The van der Waals surface area contributed by atoms with Gasteiger partial charge in [0.15, 0.2) is 0 Å². The van der Waals surface area contributed by atoms with Crippen LogP contribution in [0.1, 0.15) is 41.4 Å². The number of hydrogen-bond donors (Lipinski definition) is 1. The standard InChI is InChI=1S/C17H24FN3/c1-5-8-19-10-15-6-7-17(18)16(9-15)11-21-14(4)12(2)13(3)20-21/h6-7,9,19H,5,8,10-11H2,1-4H3. The molecule has 0 unspecified atom stereocenters. The Morgan fingerprint density at radius 1 is 1.24 bits per heavy atom. The maximum atomic E-state index is 14.0. The fraction of sp³-hybridized carbons (Fsp3) is 0.471. The second kappa shape index (κ2) is 6.85. The topological polar surface area (TPSA) is 29.9 Å². The first-order chi connectivity index (χ1) is 10.0. The molecule has 0 aliphatic rings. The molecule has 1 aromatic carbocycles. The fourth-order valence-electron chi connectivity index (χ4n) is 2.37. The fourth-order valence-corrected chi connectivity index (χ4v) is 2.37. The lowest BCUT2D eigenvalue weighted by Gasteiger charge is -2.09. The molecule has 0 atom stereocenters. The molecule has 114 valence electrons. The molecular formula is C17H24FN3. The van der Waals surface area contributed by atoms with Gasteiger partial charge in [0.25, 0.3) is 0 Å². The minimum atomic E-state index is -0.167. The molecule has 0 amide bonds. The smallest absolute Gasteiger partial charge is 0.128 e. The molecule has 2 rings (SSSR count). The zero-order valence-corrected chi connectivity index (χ0v) is 13.3. The molecule has 0 radical (unpaired) electrons. The van der Waals surface area contributed by atoms with Crippen LogP contribution >= 0.6 is 0 Å². The minimum Gasteiger partial charge on any atom is -0.313 e. The minimum absolute atomic E-state index is 0.167. The predicted octanol–water partition coefficient (Wildman–Crippen LogP) is 3.50. The van der Waals surface area contributed by atoms with Gasteiger partial charge in [-0.05, 0) is 57.0 Å². The van der Waals surface area contributed by atoms with Crippen molar-refractivity contribution >= 4 is 0 Å². The van der Waals surface area contributed by atoms with E-state index in [0.29, 0.717) is 12.1 Å². The number of nitrogens with zero attached hydrogens (tertiary/aromatic N) is 2. The van der Waals surface area contributed by atoms with Crippen molar-refractivity contribution in [3.63, 3.8) is 0 Å². The summed E-state index contributed by atoms with van der Waals surface area (Å²) < 4.78 is 15.9. The Morgan fingerprint density at radius 2 is 2.00 bits per heavy atom. The molecule has 2 aromatic rings. The molecule has 4 heteroatoms. The Kier molecular flexibility index (Phi) is 5.12. The quantitative estimate of drug-likeness (QED) is 0.825. The third-order valence-corrected chi connectivity index (χ3v) is 3.93. The summed E-state index contributed by atoms with van der Waals surface area (Å²) >= 11 is 0. The molecular weight excluding hydrogens is 265 g/mol. The van der Waals surface area contributed by atoms with Crippen LogP contribution < -0.4 is 5.32 Å². The van der Waals surface area contributed by atoms with E-state index in [9.17, 15) is 4.39 Å². The molecule has 0 spiro atoms. The van der Waals surface area contributed by atoms with Gasteiger partial charge in [0.05, 0.1) is 12.2 Å². The summed E-state index contributed by atoms with van der Waals surface area (Å²) in [6.45, 7) is 10.4. The molecule has 0 fully saturated rings. The van der Waals surface area contributed by atoms with Gasteiger partial charge < -0.3 is 5.32 Å². The van der Waals surface area contributed by atoms with Crippen LogP contribution in [0.15, 0.2) is 18.2 Å². The van der Waals surface area contributed by atoms with Crippen LogP contribution in [0.5, 0.6) is 0 Å². The Hall–Kier alpha value is -1.68. The van der Waals surface area contributed by atoms with E-state index in [1.54, 1.807) is 6.07 Å². The summed E-state index contributed by atoms with van der Waals surface area (Å²) in [5.41, 5.74) is 5.08. The highest BCUT2D eigenvalue weighted by Gasteiger charge is 2.10. The third-order valence-electron chi connectivity index (χ3n) is 3.93. The highest BCUT2D eigenvalue weighted by molar-refractivity contribution is 5.27. The van der Waals surface area contributed by atoms with Gasteiger partial charge in [0, 0.05) is 17.8 Å². The lowest BCUT2D eigenvalue weighted by Crippen LogP contribution is -2.14. The van der Waals surface area contributed by atoms with Crippen molar-refractivity contribution in [2.75, 3.05) is 6.54 Å². The van der Waals surface area contributed by atoms with Crippen molar-refractivity contribution in [1.29, 1.82) is 0 Å². The monoisotopic (exact) mass is 289 g/mol. The number of aryl methyl sites for hydroxylation is 1. The largest absolute Gasteiger partial charge is 0.313 e. The van der Waals surface area contributed by atoms with E-state index < -0.39 is 0 Å². The molecule has 1 N–H and O–H groups in total. The Labute approximate surface area is 126 Å². The number of aromatic nitrogens is 2. The van der Waals surface area contributed by atoms with E-state index >= 15 is 0 Å². The molecule has 0 saturated heterocycles. The summed E-state index contributed by atoms with van der Waals surface area (Å²) in [5.74, 6) is -0.167. The van der Waals surface area contributed by atoms with Crippen LogP contribution in [0.4, 0.5) is 4.39 Å². The van der Waals surface area contributed by atoms with Crippen molar-refractivity contribution in [2.45, 2.75) is 47.2 Å². The molecule has 0 saturated carbocycles. The highest BCUT2D eigenvalue weighted by Crippen LogP contribution is 2.16. The van der Waals surface area contributed by atoms with E-state index in [0.717, 1.165) is 36.5 Å². The Balaban J connectivity index is 2.18. The summed E-state index contributed by atoms with van der Waals surface area (Å²) in [6, 6.07) is 5.33. The SMILES string of the molecule is CCCNCc1ccc(F)c(Cn2nc(C)c(C)c2C)c1. The van der Waals surface area contributed by atoms with E-state index in [-0.39, 0.29) is 5.82 Å². The Bertz CT molecular complexity index is 617. The van der Waals surface area contributed by atoms with Crippen LogP contribution in [0.25, 0.3) is 0 Å². The number of hydrogen-bond acceptors (Lipinski definition) is 2. The maximum Gasteiger partial charge on any atom is 0.128 e.